The Labute approximate surface area is 168 Å². The van der Waals surface area contributed by atoms with Crippen molar-refractivity contribution in [2.75, 3.05) is 10.6 Å². The summed E-state index contributed by atoms with van der Waals surface area (Å²) in [4.78, 5) is 36.5. The van der Waals surface area contributed by atoms with E-state index in [4.69, 9.17) is 0 Å². The maximum absolute atomic E-state index is 12.6. The molecule has 3 N–H and O–H groups in total. The van der Waals surface area contributed by atoms with Crippen LogP contribution in [0.3, 0.4) is 0 Å². The number of nitrogens with one attached hydrogen (secondary N) is 3. The SMILES string of the molecule is CCCC(NC=O)C(=O)Nc1nc(Nc2ccccc2)nc(-c2ccccc2)n1. The molecule has 29 heavy (non-hydrogen) atoms. The molecular formula is C21H22N6O2. The van der Waals surface area contributed by atoms with E-state index < -0.39 is 6.04 Å². The number of benzene rings is 2. The van der Waals surface area contributed by atoms with Crippen molar-refractivity contribution in [3.8, 4) is 11.4 Å². The van der Waals surface area contributed by atoms with E-state index in [-0.39, 0.29) is 11.9 Å². The van der Waals surface area contributed by atoms with Crippen LogP contribution >= 0.6 is 0 Å². The van der Waals surface area contributed by atoms with Crippen molar-refractivity contribution < 1.29 is 9.59 Å². The molecule has 148 valence electrons. The number of hydrogen-bond acceptors (Lipinski definition) is 6. The second kappa shape index (κ2) is 9.93. The fourth-order valence-electron chi connectivity index (χ4n) is 2.71. The van der Waals surface area contributed by atoms with Crippen LogP contribution in [-0.2, 0) is 9.59 Å². The lowest BCUT2D eigenvalue weighted by Crippen LogP contribution is -2.40. The Morgan fingerprint density at radius 1 is 0.966 bits per heavy atom. The molecule has 0 spiro atoms. The first-order valence-electron chi connectivity index (χ1n) is 9.33. The van der Waals surface area contributed by atoms with Crippen LogP contribution in [0.15, 0.2) is 60.7 Å². The molecule has 0 aliphatic carbocycles. The van der Waals surface area contributed by atoms with Gasteiger partial charge in [-0.15, -0.1) is 0 Å². The molecule has 0 aliphatic rings. The lowest BCUT2D eigenvalue weighted by atomic mass is 10.1. The molecule has 2 aromatic carbocycles. The summed E-state index contributed by atoms with van der Waals surface area (Å²) < 4.78 is 0. The summed E-state index contributed by atoms with van der Waals surface area (Å²) in [5.74, 6) is 0.450. The summed E-state index contributed by atoms with van der Waals surface area (Å²) in [6.45, 7) is 1.94. The number of hydrogen-bond donors (Lipinski definition) is 3. The molecule has 8 heteroatoms. The van der Waals surface area contributed by atoms with Crippen molar-refractivity contribution in [2.45, 2.75) is 25.8 Å². The van der Waals surface area contributed by atoms with Crippen LogP contribution < -0.4 is 16.0 Å². The Kier molecular flexibility index (Phi) is 6.83. The third-order valence-corrected chi connectivity index (χ3v) is 4.10. The van der Waals surface area contributed by atoms with E-state index in [9.17, 15) is 9.59 Å². The van der Waals surface area contributed by atoms with Gasteiger partial charge in [0.15, 0.2) is 5.82 Å². The second-order valence-corrected chi connectivity index (χ2v) is 6.28. The van der Waals surface area contributed by atoms with Gasteiger partial charge in [0.1, 0.15) is 6.04 Å². The van der Waals surface area contributed by atoms with E-state index in [1.807, 2.05) is 67.6 Å². The van der Waals surface area contributed by atoms with Gasteiger partial charge in [-0.25, -0.2) is 0 Å². The minimum absolute atomic E-state index is 0.107. The van der Waals surface area contributed by atoms with Gasteiger partial charge in [-0.1, -0.05) is 61.9 Å². The molecule has 1 atom stereocenters. The van der Waals surface area contributed by atoms with Gasteiger partial charge in [-0.3, -0.25) is 14.9 Å². The van der Waals surface area contributed by atoms with Crippen LogP contribution in [-0.4, -0.2) is 33.3 Å². The fraction of sp³-hybridized carbons (Fsp3) is 0.190. The van der Waals surface area contributed by atoms with Crippen LogP contribution in [0.25, 0.3) is 11.4 Å². The highest BCUT2D eigenvalue weighted by atomic mass is 16.2. The highest BCUT2D eigenvalue weighted by Crippen LogP contribution is 2.20. The number of aromatic nitrogens is 3. The highest BCUT2D eigenvalue weighted by molar-refractivity contribution is 5.94. The van der Waals surface area contributed by atoms with E-state index in [2.05, 4.69) is 30.9 Å². The van der Waals surface area contributed by atoms with Gasteiger partial charge in [-0.05, 0) is 18.6 Å². The number of amides is 2. The number of carbonyl (C=O) groups excluding carboxylic acids is 2. The van der Waals surface area contributed by atoms with Crippen molar-refractivity contribution in [3.05, 3.63) is 60.7 Å². The van der Waals surface area contributed by atoms with Crippen LogP contribution in [0.5, 0.6) is 0 Å². The van der Waals surface area contributed by atoms with Crippen molar-refractivity contribution in [1.82, 2.24) is 20.3 Å². The quantitative estimate of drug-likeness (QED) is 0.484. The molecule has 2 amide bonds. The van der Waals surface area contributed by atoms with Crippen molar-refractivity contribution in [2.24, 2.45) is 0 Å². The molecule has 0 fully saturated rings. The molecule has 0 saturated carbocycles. The van der Waals surface area contributed by atoms with Crippen LogP contribution in [0.2, 0.25) is 0 Å². The largest absolute Gasteiger partial charge is 0.347 e. The first kappa shape index (κ1) is 19.9. The maximum atomic E-state index is 12.6. The van der Waals surface area contributed by atoms with Gasteiger partial charge in [-0.2, -0.15) is 15.0 Å². The number of para-hydroxylation sites is 1. The molecule has 3 aromatic rings. The predicted molar refractivity (Wildman–Crippen MR) is 112 cm³/mol. The third kappa shape index (κ3) is 5.58. The summed E-state index contributed by atoms with van der Waals surface area (Å²) >= 11 is 0. The fourth-order valence-corrected chi connectivity index (χ4v) is 2.71. The normalized spacial score (nSPS) is 11.3. The molecule has 0 aliphatic heterocycles. The van der Waals surface area contributed by atoms with Crippen LogP contribution in [0.4, 0.5) is 17.6 Å². The van der Waals surface area contributed by atoms with E-state index in [1.54, 1.807) is 0 Å². The molecule has 0 bridgehead atoms. The minimum Gasteiger partial charge on any atom is -0.347 e. The Bertz CT molecular complexity index is 950. The van der Waals surface area contributed by atoms with Crippen LogP contribution in [0.1, 0.15) is 19.8 Å². The van der Waals surface area contributed by atoms with Gasteiger partial charge in [0.05, 0.1) is 0 Å². The van der Waals surface area contributed by atoms with Gasteiger partial charge >= 0.3 is 0 Å². The number of carbonyl (C=O) groups is 2. The summed E-state index contributed by atoms with van der Waals surface area (Å²) in [6, 6.07) is 18.2. The van der Waals surface area contributed by atoms with Gasteiger partial charge in [0.2, 0.25) is 24.2 Å². The summed E-state index contributed by atoms with van der Waals surface area (Å²) in [7, 11) is 0. The molecule has 0 radical (unpaired) electrons. The average Bonchev–Trinajstić information content (AvgIpc) is 2.75. The molecule has 8 nitrogen and oxygen atoms in total. The molecular weight excluding hydrogens is 368 g/mol. The topological polar surface area (TPSA) is 109 Å². The van der Waals surface area contributed by atoms with E-state index in [0.29, 0.717) is 24.6 Å². The number of rotatable bonds is 9. The maximum Gasteiger partial charge on any atom is 0.249 e. The smallest absolute Gasteiger partial charge is 0.249 e. The first-order valence-corrected chi connectivity index (χ1v) is 9.33. The Morgan fingerprint density at radius 2 is 1.62 bits per heavy atom. The second-order valence-electron chi connectivity index (χ2n) is 6.28. The van der Waals surface area contributed by atoms with Gasteiger partial charge in [0, 0.05) is 11.3 Å². The first-order chi connectivity index (χ1) is 14.2. The summed E-state index contributed by atoms with van der Waals surface area (Å²) in [5, 5.41) is 8.33. The molecule has 0 saturated heterocycles. The van der Waals surface area contributed by atoms with Crippen LogP contribution in [0, 0.1) is 0 Å². The molecule has 1 aromatic heterocycles. The Hall–Kier alpha value is -3.81. The van der Waals surface area contributed by atoms with Crippen molar-refractivity contribution in [3.63, 3.8) is 0 Å². The zero-order chi connectivity index (χ0) is 20.5. The Balaban J connectivity index is 1.91. The molecule has 1 heterocycles. The van der Waals surface area contributed by atoms with Crippen molar-refractivity contribution >= 4 is 29.9 Å². The molecule has 1 unspecified atom stereocenters. The lowest BCUT2D eigenvalue weighted by Gasteiger charge is -2.15. The van der Waals surface area contributed by atoms with Crippen molar-refractivity contribution in [1.29, 1.82) is 0 Å². The minimum atomic E-state index is -0.653. The van der Waals surface area contributed by atoms with Gasteiger partial charge < -0.3 is 10.6 Å². The monoisotopic (exact) mass is 390 g/mol. The number of nitrogens with zero attached hydrogens (tertiary/aromatic N) is 3. The highest BCUT2D eigenvalue weighted by Gasteiger charge is 2.19. The zero-order valence-electron chi connectivity index (χ0n) is 16.0. The lowest BCUT2D eigenvalue weighted by molar-refractivity contribution is -0.121. The van der Waals surface area contributed by atoms with Gasteiger partial charge in [0.25, 0.3) is 0 Å². The van der Waals surface area contributed by atoms with E-state index >= 15 is 0 Å². The molecule has 3 rings (SSSR count). The zero-order valence-corrected chi connectivity index (χ0v) is 16.0. The van der Waals surface area contributed by atoms with E-state index in [0.717, 1.165) is 17.7 Å². The third-order valence-electron chi connectivity index (χ3n) is 4.10. The summed E-state index contributed by atoms with van der Waals surface area (Å²) in [5.41, 5.74) is 1.60. The Morgan fingerprint density at radius 3 is 2.28 bits per heavy atom. The standard InChI is InChI=1S/C21H22N6O2/c1-2-9-17(22-14-28)19(29)26-21-25-18(15-10-5-3-6-11-15)24-20(27-21)23-16-12-7-4-8-13-16/h3-8,10-14,17H,2,9H2,1H3,(H,22,28)(H2,23,24,25,26,27,29). The number of anilines is 3. The summed E-state index contributed by atoms with van der Waals surface area (Å²) in [6.07, 6.45) is 1.77. The van der Waals surface area contributed by atoms with E-state index in [1.165, 1.54) is 0 Å². The predicted octanol–water partition coefficient (Wildman–Crippen LogP) is 3.14. The average molecular weight is 390 g/mol.